The summed E-state index contributed by atoms with van der Waals surface area (Å²) < 4.78 is 4.71. The zero-order chi connectivity index (χ0) is 5.70. The van der Waals surface area contributed by atoms with Crippen LogP contribution in [0.2, 0.25) is 0 Å². The Kier molecular flexibility index (Phi) is 3.45. The van der Waals surface area contributed by atoms with Crippen molar-refractivity contribution in [3.05, 3.63) is 6.42 Å². The first-order valence-corrected chi connectivity index (χ1v) is 2.22. The van der Waals surface area contributed by atoms with Gasteiger partial charge >= 0.3 is 0 Å². The van der Waals surface area contributed by atoms with Crippen molar-refractivity contribution in [2.75, 3.05) is 13.7 Å². The minimum Gasteiger partial charge on any atom is -0.383 e. The average molecular weight is 97.1 g/mol. The quantitative estimate of drug-likeness (QED) is 0.464. The standard InChI is InChI=1S/C6H9O/c1-4-6(2)5-7-3/h6H,5H2,2-3H3. The van der Waals surface area contributed by atoms with E-state index in [1.165, 1.54) is 0 Å². The van der Waals surface area contributed by atoms with Crippen LogP contribution in [0.15, 0.2) is 0 Å². The Morgan fingerprint density at radius 1 is 1.86 bits per heavy atom. The van der Waals surface area contributed by atoms with Gasteiger partial charge in [-0.3, -0.25) is 0 Å². The predicted molar refractivity (Wildman–Crippen MR) is 28.2 cm³/mol. The number of methoxy groups -OCH3 is 1. The Labute approximate surface area is 44.7 Å². The van der Waals surface area contributed by atoms with Gasteiger partial charge in [-0.2, -0.15) is 0 Å². The van der Waals surface area contributed by atoms with E-state index in [0.717, 1.165) is 0 Å². The molecule has 1 nitrogen and oxygen atoms in total. The third kappa shape index (κ3) is 3.35. The lowest BCUT2D eigenvalue weighted by molar-refractivity contribution is 0.179. The summed E-state index contributed by atoms with van der Waals surface area (Å²) in [5, 5.41) is 0. The summed E-state index contributed by atoms with van der Waals surface area (Å²) in [6, 6.07) is 0. The van der Waals surface area contributed by atoms with Crippen LogP contribution in [0.5, 0.6) is 0 Å². The first-order valence-electron chi connectivity index (χ1n) is 2.22. The van der Waals surface area contributed by atoms with Gasteiger partial charge in [-0.15, -0.1) is 0 Å². The fourth-order valence-electron chi connectivity index (χ4n) is 0.292. The molecule has 39 valence electrons. The average Bonchev–Trinajstić information content (AvgIpc) is 1.68. The topological polar surface area (TPSA) is 9.23 Å². The summed E-state index contributed by atoms with van der Waals surface area (Å²) in [7, 11) is 1.62. The number of hydrogen-bond donors (Lipinski definition) is 0. The summed E-state index contributed by atoms with van der Waals surface area (Å²) in [6.07, 6.45) is 6.58. The van der Waals surface area contributed by atoms with Gasteiger partial charge < -0.3 is 4.74 Å². The lowest BCUT2D eigenvalue weighted by atomic mass is 10.2. The van der Waals surface area contributed by atoms with Gasteiger partial charge in [0, 0.05) is 13.0 Å². The summed E-state index contributed by atoms with van der Waals surface area (Å²) in [4.78, 5) is 0. The molecule has 1 unspecified atom stereocenters. The van der Waals surface area contributed by atoms with Crippen molar-refractivity contribution >= 4 is 0 Å². The number of ether oxygens (including phenoxy) is 1. The summed E-state index contributed by atoms with van der Waals surface area (Å²) in [6.45, 7) is 2.49. The van der Waals surface area contributed by atoms with Crippen LogP contribution in [0.4, 0.5) is 0 Å². The highest BCUT2D eigenvalue weighted by molar-refractivity contribution is 4.82. The maximum atomic E-state index is 6.58. The van der Waals surface area contributed by atoms with E-state index in [9.17, 15) is 0 Å². The van der Waals surface area contributed by atoms with Crippen molar-refractivity contribution in [2.24, 2.45) is 5.92 Å². The van der Waals surface area contributed by atoms with E-state index in [0.29, 0.717) is 6.61 Å². The molecule has 0 aliphatic heterocycles. The molecular weight excluding hydrogens is 88.1 g/mol. The number of hydrogen-bond acceptors (Lipinski definition) is 1. The third-order valence-corrected chi connectivity index (χ3v) is 0.663. The molecule has 1 heteroatoms. The van der Waals surface area contributed by atoms with Crippen LogP contribution in [0, 0.1) is 18.3 Å². The summed E-state index contributed by atoms with van der Waals surface area (Å²) in [5.74, 6) is 2.43. The molecule has 1 radical (unpaired) electrons. The van der Waals surface area contributed by atoms with E-state index in [-0.39, 0.29) is 5.92 Å². The molecule has 0 aromatic carbocycles. The molecule has 0 aromatic rings. The maximum absolute atomic E-state index is 6.58. The molecule has 7 heavy (non-hydrogen) atoms. The molecule has 0 saturated heterocycles. The van der Waals surface area contributed by atoms with Crippen LogP contribution in [-0.4, -0.2) is 13.7 Å². The molecule has 0 bridgehead atoms. The Morgan fingerprint density at radius 3 is 2.57 bits per heavy atom. The summed E-state index contributed by atoms with van der Waals surface area (Å²) in [5.41, 5.74) is 0. The van der Waals surface area contributed by atoms with Gasteiger partial charge in [-0.05, 0) is 13.3 Å². The second-order valence-electron chi connectivity index (χ2n) is 1.50. The van der Waals surface area contributed by atoms with Gasteiger partial charge in [0.15, 0.2) is 0 Å². The molecule has 0 N–H and O–H groups in total. The van der Waals surface area contributed by atoms with E-state index in [4.69, 9.17) is 11.2 Å². The van der Waals surface area contributed by atoms with Crippen molar-refractivity contribution in [1.82, 2.24) is 0 Å². The van der Waals surface area contributed by atoms with Crippen LogP contribution < -0.4 is 0 Å². The normalized spacial score (nSPS) is 12.7. The molecule has 0 saturated carbocycles. The Hall–Kier alpha value is -0.480. The fourth-order valence-corrected chi connectivity index (χ4v) is 0.292. The molecular formula is C6H9O. The Morgan fingerprint density at radius 2 is 2.43 bits per heavy atom. The van der Waals surface area contributed by atoms with Crippen LogP contribution in [0.25, 0.3) is 0 Å². The van der Waals surface area contributed by atoms with Crippen molar-refractivity contribution in [2.45, 2.75) is 6.92 Å². The molecule has 0 rings (SSSR count). The van der Waals surface area contributed by atoms with Crippen LogP contribution in [0.3, 0.4) is 0 Å². The second kappa shape index (κ2) is 3.70. The Balaban J connectivity index is 3.04. The minimum absolute atomic E-state index is 0.144. The smallest absolute Gasteiger partial charge is 0.0597 e. The van der Waals surface area contributed by atoms with Gasteiger partial charge in [0.05, 0.1) is 6.61 Å². The van der Waals surface area contributed by atoms with Crippen molar-refractivity contribution in [1.29, 1.82) is 0 Å². The van der Waals surface area contributed by atoms with E-state index in [2.05, 4.69) is 5.92 Å². The lowest BCUT2D eigenvalue weighted by Crippen LogP contribution is -1.98. The van der Waals surface area contributed by atoms with Crippen LogP contribution >= 0.6 is 0 Å². The van der Waals surface area contributed by atoms with E-state index >= 15 is 0 Å². The summed E-state index contributed by atoms with van der Waals surface area (Å²) >= 11 is 0. The van der Waals surface area contributed by atoms with E-state index in [1.54, 1.807) is 7.11 Å². The number of rotatable bonds is 2. The molecule has 0 fully saturated rings. The molecule has 0 amide bonds. The Bertz CT molecular complexity index is 70.7. The molecule has 1 atom stereocenters. The van der Waals surface area contributed by atoms with E-state index in [1.807, 2.05) is 6.92 Å². The first-order chi connectivity index (χ1) is 3.31. The molecule has 0 aliphatic rings. The van der Waals surface area contributed by atoms with Crippen LogP contribution in [-0.2, 0) is 4.74 Å². The minimum atomic E-state index is 0.144. The predicted octanol–water partition coefficient (Wildman–Crippen LogP) is 0.859. The fraction of sp³-hybridized carbons (Fsp3) is 0.667. The third-order valence-electron chi connectivity index (χ3n) is 0.663. The molecule has 0 heterocycles. The molecule has 0 aliphatic carbocycles. The largest absolute Gasteiger partial charge is 0.383 e. The van der Waals surface area contributed by atoms with Gasteiger partial charge in [0.1, 0.15) is 0 Å². The maximum Gasteiger partial charge on any atom is 0.0597 e. The molecule has 0 spiro atoms. The highest BCUT2D eigenvalue weighted by Crippen LogP contribution is 1.88. The lowest BCUT2D eigenvalue weighted by Gasteiger charge is -1.97. The first kappa shape index (κ1) is 6.52. The van der Waals surface area contributed by atoms with Gasteiger partial charge in [-0.25, -0.2) is 0 Å². The highest BCUT2D eigenvalue weighted by Gasteiger charge is 1.90. The SMILES string of the molecule is [C]#CC(C)COC. The van der Waals surface area contributed by atoms with Gasteiger partial charge in [0.25, 0.3) is 0 Å². The van der Waals surface area contributed by atoms with Gasteiger partial charge in [-0.1, -0.05) is 5.92 Å². The van der Waals surface area contributed by atoms with E-state index < -0.39 is 0 Å². The monoisotopic (exact) mass is 97.1 g/mol. The zero-order valence-electron chi connectivity index (χ0n) is 4.69. The van der Waals surface area contributed by atoms with Gasteiger partial charge in [0.2, 0.25) is 0 Å². The highest BCUT2D eigenvalue weighted by atomic mass is 16.5. The zero-order valence-corrected chi connectivity index (χ0v) is 4.69. The van der Waals surface area contributed by atoms with Crippen molar-refractivity contribution in [3.8, 4) is 5.92 Å². The second-order valence-corrected chi connectivity index (χ2v) is 1.50. The van der Waals surface area contributed by atoms with Crippen LogP contribution in [0.1, 0.15) is 6.92 Å². The van der Waals surface area contributed by atoms with Crippen molar-refractivity contribution in [3.63, 3.8) is 0 Å². The molecule has 0 aromatic heterocycles. The van der Waals surface area contributed by atoms with Crippen molar-refractivity contribution < 1.29 is 4.74 Å².